The van der Waals surface area contributed by atoms with Crippen LogP contribution in [0.1, 0.15) is 25.7 Å². The summed E-state index contributed by atoms with van der Waals surface area (Å²) in [6.45, 7) is 1.13. The van der Waals surface area contributed by atoms with Crippen LogP contribution < -0.4 is 0 Å². The third-order valence-electron chi connectivity index (χ3n) is 2.36. The molecule has 3 nitrogen and oxygen atoms in total. The molecule has 1 aliphatic rings. The molecular formula is C8H16ClNO2. The monoisotopic (exact) mass is 193 g/mol. The summed E-state index contributed by atoms with van der Waals surface area (Å²) in [5.74, 6) is -0.676. The van der Waals surface area contributed by atoms with Gasteiger partial charge in [-0.05, 0) is 32.9 Å². The van der Waals surface area contributed by atoms with Crippen molar-refractivity contribution in [2.45, 2.75) is 31.7 Å². The standard InChI is InChI=1S/C8H15NO2.ClH/c1-9-6-2-3-7(9)4-5-8(10)11;/h7H,2-6H2,1H3,(H,10,11);1H. The molecule has 0 spiro atoms. The number of halogens is 1. The molecule has 0 bridgehead atoms. The van der Waals surface area contributed by atoms with Crippen molar-refractivity contribution in [1.82, 2.24) is 4.90 Å². The van der Waals surface area contributed by atoms with E-state index in [0.29, 0.717) is 12.5 Å². The second-order valence-electron chi connectivity index (χ2n) is 3.21. The van der Waals surface area contributed by atoms with Gasteiger partial charge in [-0.1, -0.05) is 0 Å². The Bertz CT molecular complexity index is 152. The number of likely N-dealkylation sites (tertiary alicyclic amines) is 1. The van der Waals surface area contributed by atoms with Gasteiger partial charge in [0, 0.05) is 12.5 Å². The highest BCUT2D eigenvalue weighted by Crippen LogP contribution is 2.18. The maximum Gasteiger partial charge on any atom is 0.303 e. The Morgan fingerprint density at radius 2 is 2.33 bits per heavy atom. The molecule has 0 aromatic heterocycles. The van der Waals surface area contributed by atoms with Gasteiger partial charge in [-0.2, -0.15) is 0 Å². The Morgan fingerprint density at radius 3 is 2.75 bits per heavy atom. The van der Waals surface area contributed by atoms with Crippen LogP contribution in [0.5, 0.6) is 0 Å². The molecule has 0 aromatic rings. The minimum absolute atomic E-state index is 0. The van der Waals surface area contributed by atoms with Crippen molar-refractivity contribution < 1.29 is 9.90 Å². The van der Waals surface area contributed by atoms with Crippen LogP contribution in [-0.2, 0) is 4.79 Å². The van der Waals surface area contributed by atoms with Crippen LogP contribution in [0.15, 0.2) is 0 Å². The Hall–Kier alpha value is -0.280. The van der Waals surface area contributed by atoms with E-state index in [9.17, 15) is 4.79 Å². The summed E-state index contributed by atoms with van der Waals surface area (Å²) in [5, 5.41) is 8.44. The summed E-state index contributed by atoms with van der Waals surface area (Å²) in [7, 11) is 2.07. The van der Waals surface area contributed by atoms with Gasteiger partial charge in [0.1, 0.15) is 0 Å². The number of hydrogen-bond donors (Lipinski definition) is 1. The number of rotatable bonds is 3. The summed E-state index contributed by atoms with van der Waals surface area (Å²) in [4.78, 5) is 12.5. The molecule has 1 saturated heterocycles. The minimum atomic E-state index is -0.676. The highest BCUT2D eigenvalue weighted by Gasteiger charge is 2.20. The van der Waals surface area contributed by atoms with Gasteiger partial charge in [0.15, 0.2) is 0 Å². The topological polar surface area (TPSA) is 40.5 Å². The average molecular weight is 194 g/mol. The van der Waals surface area contributed by atoms with Crippen molar-refractivity contribution in [3.63, 3.8) is 0 Å². The van der Waals surface area contributed by atoms with Gasteiger partial charge in [0.05, 0.1) is 0 Å². The molecule has 1 fully saturated rings. The average Bonchev–Trinajstić information content (AvgIpc) is 2.31. The lowest BCUT2D eigenvalue weighted by molar-refractivity contribution is -0.137. The van der Waals surface area contributed by atoms with E-state index in [1.165, 1.54) is 12.8 Å². The number of aliphatic carboxylic acids is 1. The molecule has 0 amide bonds. The van der Waals surface area contributed by atoms with Crippen LogP contribution in [0.4, 0.5) is 0 Å². The predicted octanol–water partition coefficient (Wildman–Crippen LogP) is 1.37. The smallest absolute Gasteiger partial charge is 0.303 e. The van der Waals surface area contributed by atoms with Gasteiger partial charge in [-0.3, -0.25) is 4.79 Å². The molecule has 1 atom stereocenters. The van der Waals surface area contributed by atoms with Gasteiger partial charge in [0.2, 0.25) is 0 Å². The highest BCUT2D eigenvalue weighted by atomic mass is 35.5. The zero-order chi connectivity index (χ0) is 8.27. The zero-order valence-electron chi connectivity index (χ0n) is 7.32. The third-order valence-corrected chi connectivity index (χ3v) is 2.36. The number of hydrogen-bond acceptors (Lipinski definition) is 2. The SMILES string of the molecule is CN1CCCC1CCC(=O)O.Cl. The first-order valence-corrected chi connectivity index (χ1v) is 4.12. The van der Waals surface area contributed by atoms with E-state index < -0.39 is 5.97 Å². The van der Waals surface area contributed by atoms with E-state index in [0.717, 1.165) is 13.0 Å². The molecule has 0 saturated carbocycles. The van der Waals surface area contributed by atoms with E-state index in [-0.39, 0.29) is 12.4 Å². The number of carboxylic acids is 1. The highest BCUT2D eigenvalue weighted by molar-refractivity contribution is 5.85. The summed E-state index contributed by atoms with van der Waals surface area (Å²) < 4.78 is 0. The molecule has 1 rings (SSSR count). The Labute approximate surface area is 79.2 Å². The van der Waals surface area contributed by atoms with E-state index >= 15 is 0 Å². The summed E-state index contributed by atoms with van der Waals surface area (Å²) in [6.07, 6.45) is 3.52. The molecular weight excluding hydrogens is 178 g/mol. The molecule has 4 heteroatoms. The third kappa shape index (κ3) is 3.41. The molecule has 72 valence electrons. The number of carbonyl (C=O) groups is 1. The molecule has 12 heavy (non-hydrogen) atoms. The Balaban J connectivity index is 0.00000121. The van der Waals surface area contributed by atoms with E-state index in [4.69, 9.17) is 5.11 Å². The lowest BCUT2D eigenvalue weighted by Crippen LogP contribution is -2.25. The lowest BCUT2D eigenvalue weighted by atomic mass is 10.1. The fraction of sp³-hybridized carbons (Fsp3) is 0.875. The van der Waals surface area contributed by atoms with Crippen LogP contribution in [0.3, 0.4) is 0 Å². The van der Waals surface area contributed by atoms with Gasteiger partial charge >= 0.3 is 5.97 Å². The molecule has 1 N–H and O–H groups in total. The molecule has 0 aliphatic carbocycles. The summed E-state index contributed by atoms with van der Waals surface area (Å²) in [5.41, 5.74) is 0. The van der Waals surface area contributed by atoms with Crippen LogP contribution in [0.25, 0.3) is 0 Å². The molecule has 1 unspecified atom stereocenters. The summed E-state index contributed by atoms with van der Waals surface area (Å²) in [6, 6.07) is 0.520. The molecule has 1 heterocycles. The summed E-state index contributed by atoms with van der Waals surface area (Å²) >= 11 is 0. The van der Waals surface area contributed by atoms with Crippen molar-refractivity contribution in [1.29, 1.82) is 0 Å². The van der Waals surface area contributed by atoms with Crippen molar-refractivity contribution in [2.24, 2.45) is 0 Å². The van der Waals surface area contributed by atoms with Crippen LogP contribution in [-0.4, -0.2) is 35.6 Å². The van der Waals surface area contributed by atoms with Crippen LogP contribution in [0.2, 0.25) is 0 Å². The van der Waals surface area contributed by atoms with Crippen LogP contribution >= 0.6 is 12.4 Å². The predicted molar refractivity (Wildman–Crippen MR) is 49.8 cm³/mol. The van der Waals surface area contributed by atoms with Gasteiger partial charge in [-0.25, -0.2) is 0 Å². The number of nitrogens with zero attached hydrogens (tertiary/aromatic N) is 1. The molecule has 0 radical (unpaired) electrons. The number of carboxylic acid groups (broad SMARTS) is 1. The van der Waals surface area contributed by atoms with Gasteiger partial charge < -0.3 is 10.0 Å². The van der Waals surface area contributed by atoms with E-state index in [2.05, 4.69) is 11.9 Å². The quantitative estimate of drug-likeness (QED) is 0.736. The van der Waals surface area contributed by atoms with Crippen molar-refractivity contribution in [3.05, 3.63) is 0 Å². The molecule has 1 aliphatic heterocycles. The fourth-order valence-corrected chi connectivity index (χ4v) is 1.63. The largest absolute Gasteiger partial charge is 0.481 e. The fourth-order valence-electron chi connectivity index (χ4n) is 1.63. The normalized spacial score (nSPS) is 23.6. The van der Waals surface area contributed by atoms with E-state index in [1.54, 1.807) is 0 Å². The van der Waals surface area contributed by atoms with Crippen LogP contribution in [0, 0.1) is 0 Å². The second-order valence-corrected chi connectivity index (χ2v) is 3.21. The van der Waals surface area contributed by atoms with Gasteiger partial charge in [-0.15, -0.1) is 12.4 Å². The Morgan fingerprint density at radius 1 is 1.67 bits per heavy atom. The lowest BCUT2D eigenvalue weighted by Gasteiger charge is -2.17. The van der Waals surface area contributed by atoms with Crippen molar-refractivity contribution >= 4 is 18.4 Å². The molecule has 0 aromatic carbocycles. The maximum absolute atomic E-state index is 10.2. The second kappa shape index (κ2) is 5.38. The minimum Gasteiger partial charge on any atom is -0.481 e. The first-order valence-electron chi connectivity index (χ1n) is 4.12. The first-order chi connectivity index (χ1) is 5.20. The first kappa shape index (κ1) is 11.7. The van der Waals surface area contributed by atoms with Crippen molar-refractivity contribution in [2.75, 3.05) is 13.6 Å². The Kier molecular flexibility index (Phi) is 5.25. The van der Waals surface area contributed by atoms with Gasteiger partial charge in [0.25, 0.3) is 0 Å². The van der Waals surface area contributed by atoms with E-state index in [1.807, 2.05) is 0 Å². The zero-order valence-corrected chi connectivity index (χ0v) is 8.14. The maximum atomic E-state index is 10.2. The van der Waals surface area contributed by atoms with Crippen molar-refractivity contribution in [3.8, 4) is 0 Å².